The second-order valence-corrected chi connectivity index (χ2v) is 4.59. The quantitative estimate of drug-likeness (QED) is 0.594. The van der Waals surface area contributed by atoms with Crippen molar-refractivity contribution in [1.82, 2.24) is 10.2 Å². The van der Waals surface area contributed by atoms with Gasteiger partial charge >= 0.3 is 0 Å². The zero-order valence-corrected chi connectivity index (χ0v) is 11.1. The minimum atomic E-state index is -0.264. The molecule has 1 aliphatic heterocycles. The number of nitrogens with one attached hydrogen (secondary N) is 1. The van der Waals surface area contributed by atoms with Gasteiger partial charge in [-0.2, -0.15) is 0 Å². The first-order chi connectivity index (χ1) is 9.67. The van der Waals surface area contributed by atoms with E-state index in [1.165, 1.54) is 0 Å². The Kier molecular flexibility index (Phi) is 4.88. The van der Waals surface area contributed by atoms with Crippen LogP contribution in [0.1, 0.15) is 17.5 Å². The SMILES string of the molecule is O=C1CN(Cc2cccc(C#CCCO)c2)CC(=O)N1. The van der Waals surface area contributed by atoms with Gasteiger partial charge < -0.3 is 5.11 Å². The lowest BCUT2D eigenvalue weighted by Gasteiger charge is -2.25. The van der Waals surface area contributed by atoms with Crippen molar-refractivity contribution in [2.45, 2.75) is 13.0 Å². The molecule has 1 saturated heterocycles. The molecule has 0 radical (unpaired) electrons. The zero-order chi connectivity index (χ0) is 14.4. The third-order valence-electron chi connectivity index (χ3n) is 2.82. The number of imide groups is 1. The number of carbonyl (C=O) groups is 2. The molecule has 0 aromatic heterocycles. The molecule has 0 aliphatic carbocycles. The number of amides is 2. The van der Waals surface area contributed by atoms with Crippen LogP contribution >= 0.6 is 0 Å². The molecule has 0 saturated carbocycles. The topological polar surface area (TPSA) is 69.6 Å². The third-order valence-corrected chi connectivity index (χ3v) is 2.82. The number of nitrogens with zero attached hydrogens (tertiary/aromatic N) is 1. The van der Waals surface area contributed by atoms with Crippen LogP contribution in [0.25, 0.3) is 0 Å². The summed E-state index contributed by atoms with van der Waals surface area (Å²) in [5.41, 5.74) is 1.87. The molecule has 0 unspecified atom stereocenters. The first kappa shape index (κ1) is 14.3. The minimum Gasteiger partial charge on any atom is -0.395 e. The summed E-state index contributed by atoms with van der Waals surface area (Å²) in [7, 11) is 0. The first-order valence-electron chi connectivity index (χ1n) is 6.41. The van der Waals surface area contributed by atoms with Crippen LogP contribution in [0.2, 0.25) is 0 Å². The van der Waals surface area contributed by atoms with Crippen molar-refractivity contribution in [2.75, 3.05) is 19.7 Å². The zero-order valence-electron chi connectivity index (χ0n) is 11.1. The number of piperazine rings is 1. The van der Waals surface area contributed by atoms with Gasteiger partial charge in [0.2, 0.25) is 11.8 Å². The van der Waals surface area contributed by atoms with E-state index in [2.05, 4.69) is 17.2 Å². The van der Waals surface area contributed by atoms with E-state index < -0.39 is 0 Å². The number of rotatable bonds is 3. The summed E-state index contributed by atoms with van der Waals surface area (Å²) in [5, 5.41) is 11.0. The molecule has 1 aromatic carbocycles. The maximum Gasteiger partial charge on any atom is 0.240 e. The van der Waals surface area contributed by atoms with Crippen LogP contribution in [0.4, 0.5) is 0 Å². The summed E-state index contributed by atoms with van der Waals surface area (Å²) >= 11 is 0. The Hall–Kier alpha value is -2.16. The summed E-state index contributed by atoms with van der Waals surface area (Å²) < 4.78 is 0. The largest absolute Gasteiger partial charge is 0.395 e. The number of aliphatic hydroxyl groups excluding tert-OH is 1. The molecule has 5 heteroatoms. The van der Waals surface area contributed by atoms with Gasteiger partial charge in [-0.05, 0) is 17.7 Å². The lowest BCUT2D eigenvalue weighted by atomic mass is 10.1. The van der Waals surface area contributed by atoms with Crippen LogP contribution in [0, 0.1) is 11.8 Å². The van der Waals surface area contributed by atoms with Gasteiger partial charge in [-0.1, -0.05) is 24.0 Å². The summed E-state index contributed by atoms with van der Waals surface area (Å²) in [6, 6.07) is 7.65. The van der Waals surface area contributed by atoms with Gasteiger partial charge in [0.15, 0.2) is 0 Å². The normalized spacial score (nSPS) is 15.4. The number of benzene rings is 1. The minimum absolute atomic E-state index is 0.0533. The van der Waals surface area contributed by atoms with E-state index in [-0.39, 0.29) is 31.5 Å². The van der Waals surface area contributed by atoms with E-state index in [9.17, 15) is 9.59 Å². The average molecular weight is 272 g/mol. The fourth-order valence-corrected chi connectivity index (χ4v) is 2.03. The van der Waals surface area contributed by atoms with Crippen molar-refractivity contribution in [3.63, 3.8) is 0 Å². The monoisotopic (exact) mass is 272 g/mol. The third kappa shape index (κ3) is 4.19. The van der Waals surface area contributed by atoms with Crippen molar-refractivity contribution in [3.05, 3.63) is 35.4 Å². The van der Waals surface area contributed by atoms with Crippen LogP contribution in [0.5, 0.6) is 0 Å². The molecule has 0 atom stereocenters. The summed E-state index contributed by atoms with van der Waals surface area (Å²) in [6.07, 6.45) is 0.449. The highest BCUT2D eigenvalue weighted by atomic mass is 16.2. The second kappa shape index (κ2) is 6.85. The lowest BCUT2D eigenvalue weighted by molar-refractivity contribution is -0.136. The van der Waals surface area contributed by atoms with Crippen molar-refractivity contribution < 1.29 is 14.7 Å². The van der Waals surface area contributed by atoms with Gasteiger partial charge in [0.1, 0.15) is 0 Å². The van der Waals surface area contributed by atoms with Crippen molar-refractivity contribution in [1.29, 1.82) is 0 Å². The fourth-order valence-electron chi connectivity index (χ4n) is 2.03. The predicted octanol–water partition coefficient (Wildman–Crippen LogP) is -0.121. The highest BCUT2D eigenvalue weighted by Crippen LogP contribution is 2.09. The molecule has 0 spiro atoms. The van der Waals surface area contributed by atoms with E-state index >= 15 is 0 Å². The Labute approximate surface area is 117 Å². The Morgan fingerprint density at radius 3 is 2.70 bits per heavy atom. The Bertz CT molecular complexity index is 556. The Morgan fingerprint density at radius 2 is 2.00 bits per heavy atom. The van der Waals surface area contributed by atoms with Crippen LogP contribution < -0.4 is 5.32 Å². The molecule has 2 N–H and O–H groups in total. The van der Waals surface area contributed by atoms with Gasteiger partial charge in [-0.25, -0.2) is 0 Å². The molecule has 2 rings (SSSR count). The van der Waals surface area contributed by atoms with Crippen LogP contribution in [0.3, 0.4) is 0 Å². The van der Waals surface area contributed by atoms with Gasteiger partial charge in [-0.15, -0.1) is 0 Å². The van der Waals surface area contributed by atoms with E-state index in [0.717, 1.165) is 11.1 Å². The fraction of sp³-hybridized carbons (Fsp3) is 0.333. The molecule has 1 aliphatic rings. The lowest BCUT2D eigenvalue weighted by Crippen LogP contribution is -2.50. The highest BCUT2D eigenvalue weighted by molar-refractivity contribution is 5.99. The van der Waals surface area contributed by atoms with Crippen molar-refractivity contribution in [2.24, 2.45) is 0 Å². The average Bonchev–Trinajstić information content (AvgIpc) is 2.38. The number of carbonyl (C=O) groups excluding carboxylic acids is 2. The molecule has 20 heavy (non-hydrogen) atoms. The molecule has 1 aromatic rings. The van der Waals surface area contributed by atoms with Crippen LogP contribution in [0.15, 0.2) is 24.3 Å². The molecule has 1 fully saturated rings. The van der Waals surface area contributed by atoms with E-state index in [0.29, 0.717) is 13.0 Å². The summed E-state index contributed by atoms with van der Waals surface area (Å²) in [4.78, 5) is 24.4. The summed E-state index contributed by atoms with van der Waals surface area (Å²) in [5.74, 6) is 5.30. The Balaban J connectivity index is 2.03. The van der Waals surface area contributed by atoms with Gasteiger partial charge in [0, 0.05) is 18.5 Å². The van der Waals surface area contributed by atoms with Gasteiger partial charge in [-0.3, -0.25) is 19.8 Å². The Morgan fingerprint density at radius 1 is 1.25 bits per heavy atom. The van der Waals surface area contributed by atoms with E-state index in [1.807, 2.05) is 24.3 Å². The maximum absolute atomic E-state index is 11.3. The van der Waals surface area contributed by atoms with Crippen LogP contribution in [-0.4, -0.2) is 41.5 Å². The highest BCUT2D eigenvalue weighted by Gasteiger charge is 2.22. The smallest absolute Gasteiger partial charge is 0.240 e. The molecule has 1 heterocycles. The number of hydrogen-bond acceptors (Lipinski definition) is 4. The van der Waals surface area contributed by atoms with Crippen molar-refractivity contribution >= 4 is 11.8 Å². The molecule has 5 nitrogen and oxygen atoms in total. The number of hydrogen-bond donors (Lipinski definition) is 2. The van der Waals surface area contributed by atoms with E-state index in [4.69, 9.17) is 5.11 Å². The molecular formula is C15H16N2O3. The summed E-state index contributed by atoms with van der Waals surface area (Å²) in [6.45, 7) is 1.05. The van der Waals surface area contributed by atoms with Crippen molar-refractivity contribution in [3.8, 4) is 11.8 Å². The number of aliphatic hydroxyl groups is 1. The molecule has 104 valence electrons. The molecule has 2 amide bonds. The van der Waals surface area contributed by atoms with E-state index in [1.54, 1.807) is 4.90 Å². The first-order valence-corrected chi connectivity index (χ1v) is 6.41. The predicted molar refractivity (Wildman–Crippen MR) is 73.4 cm³/mol. The van der Waals surface area contributed by atoms with Gasteiger partial charge in [0.25, 0.3) is 0 Å². The standard InChI is InChI=1S/C15H16N2O3/c18-7-2-1-4-12-5-3-6-13(8-12)9-17-10-14(19)16-15(20)11-17/h3,5-6,8,18H,2,7,9-11H2,(H,16,19,20). The molecule has 0 bridgehead atoms. The second-order valence-electron chi connectivity index (χ2n) is 4.59. The van der Waals surface area contributed by atoms with Crippen LogP contribution in [-0.2, 0) is 16.1 Å². The molecular weight excluding hydrogens is 256 g/mol. The van der Waals surface area contributed by atoms with Gasteiger partial charge in [0.05, 0.1) is 19.7 Å². The maximum atomic E-state index is 11.3.